The van der Waals surface area contributed by atoms with Crippen LogP contribution in [0.5, 0.6) is 0 Å². The van der Waals surface area contributed by atoms with Gasteiger partial charge in [0.2, 0.25) is 5.91 Å². The average molecular weight is 270 g/mol. The molecule has 1 amide bonds. The summed E-state index contributed by atoms with van der Waals surface area (Å²) < 4.78 is 36.3. The van der Waals surface area contributed by atoms with E-state index in [0.29, 0.717) is 0 Å². The van der Waals surface area contributed by atoms with E-state index in [0.717, 1.165) is 12.1 Å². The van der Waals surface area contributed by atoms with Gasteiger partial charge >= 0.3 is 0 Å². The van der Waals surface area contributed by atoms with Crippen LogP contribution < -0.4 is 5.32 Å². The van der Waals surface area contributed by atoms with Crippen molar-refractivity contribution in [3.05, 3.63) is 35.1 Å². The van der Waals surface area contributed by atoms with E-state index in [4.69, 9.17) is 5.26 Å². The van der Waals surface area contributed by atoms with E-state index in [1.165, 1.54) is 13.1 Å². The number of nitrogens with zero attached hydrogens (tertiary/aromatic N) is 1. The first-order valence-corrected chi connectivity index (χ1v) is 6.79. The Morgan fingerprint density at radius 1 is 1.50 bits per heavy atom. The van der Waals surface area contributed by atoms with Crippen LogP contribution in [-0.2, 0) is 20.4 Å². The highest BCUT2D eigenvalue weighted by Gasteiger charge is 2.18. The van der Waals surface area contributed by atoms with Gasteiger partial charge in [0.05, 0.1) is 17.4 Å². The molecular weight excluding hydrogens is 259 g/mol. The van der Waals surface area contributed by atoms with E-state index in [-0.39, 0.29) is 11.1 Å². The van der Waals surface area contributed by atoms with Crippen LogP contribution in [0.3, 0.4) is 0 Å². The maximum Gasteiger partial charge on any atom is 0.234 e. The average Bonchev–Trinajstić information content (AvgIpc) is 2.28. The molecule has 0 saturated carbocycles. The van der Waals surface area contributed by atoms with Crippen LogP contribution in [0.15, 0.2) is 18.2 Å². The minimum atomic E-state index is -3.73. The van der Waals surface area contributed by atoms with Crippen LogP contribution in [0.4, 0.5) is 4.39 Å². The van der Waals surface area contributed by atoms with Crippen molar-refractivity contribution in [2.75, 3.05) is 12.8 Å². The predicted molar refractivity (Wildman–Crippen MR) is 62.7 cm³/mol. The zero-order valence-electron chi connectivity index (χ0n) is 9.60. The van der Waals surface area contributed by atoms with Crippen molar-refractivity contribution in [3.8, 4) is 6.07 Å². The van der Waals surface area contributed by atoms with Gasteiger partial charge in [0.15, 0.2) is 9.84 Å². The molecule has 18 heavy (non-hydrogen) atoms. The van der Waals surface area contributed by atoms with Crippen LogP contribution in [0.25, 0.3) is 0 Å². The summed E-state index contributed by atoms with van der Waals surface area (Å²) in [4.78, 5) is 11.0. The van der Waals surface area contributed by atoms with E-state index in [1.54, 1.807) is 6.07 Å². The summed E-state index contributed by atoms with van der Waals surface area (Å²) >= 11 is 0. The summed E-state index contributed by atoms with van der Waals surface area (Å²) in [5.74, 6) is -2.50. The lowest BCUT2D eigenvalue weighted by molar-refractivity contribution is -0.118. The number of sulfone groups is 1. The fraction of sp³-hybridized carbons (Fsp3) is 0.273. The number of rotatable bonds is 4. The number of carbonyl (C=O) groups excluding carboxylic acids is 1. The van der Waals surface area contributed by atoms with Crippen molar-refractivity contribution in [1.82, 2.24) is 5.32 Å². The molecule has 0 aromatic heterocycles. The second kappa shape index (κ2) is 5.60. The number of amides is 1. The summed E-state index contributed by atoms with van der Waals surface area (Å²) in [7, 11) is -2.40. The molecule has 0 heterocycles. The molecule has 1 rings (SSSR count). The Morgan fingerprint density at radius 3 is 2.72 bits per heavy atom. The number of carbonyl (C=O) groups is 1. The number of hydrogen-bond acceptors (Lipinski definition) is 4. The Labute approximate surface area is 104 Å². The molecule has 0 fully saturated rings. The van der Waals surface area contributed by atoms with Gasteiger partial charge in [0.25, 0.3) is 0 Å². The second-order valence-electron chi connectivity index (χ2n) is 3.62. The Hall–Kier alpha value is -1.94. The van der Waals surface area contributed by atoms with E-state index in [1.807, 2.05) is 0 Å². The third-order valence-electron chi connectivity index (χ3n) is 2.19. The van der Waals surface area contributed by atoms with Gasteiger partial charge in [-0.2, -0.15) is 5.26 Å². The van der Waals surface area contributed by atoms with Gasteiger partial charge in [0, 0.05) is 7.05 Å². The van der Waals surface area contributed by atoms with E-state index >= 15 is 0 Å². The molecule has 0 bridgehead atoms. The normalized spacial score (nSPS) is 10.7. The van der Waals surface area contributed by atoms with Gasteiger partial charge < -0.3 is 5.32 Å². The molecule has 0 unspecified atom stereocenters. The zero-order chi connectivity index (χ0) is 13.8. The molecule has 96 valence electrons. The quantitative estimate of drug-likeness (QED) is 0.855. The maximum atomic E-state index is 13.0. The fourth-order valence-electron chi connectivity index (χ4n) is 1.35. The molecular formula is C11H11FN2O3S. The standard InChI is InChI=1S/C11H11FN2O3S/c1-14-11(15)7-18(16,17)6-9-4-10(12)3-2-8(9)5-13/h2-4H,6-7H2,1H3,(H,14,15). The molecule has 0 saturated heterocycles. The van der Waals surface area contributed by atoms with Gasteiger partial charge in [0.1, 0.15) is 11.6 Å². The molecule has 0 radical (unpaired) electrons. The van der Waals surface area contributed by atoms with Gasteiger partial charge in [-0.3, -0.25) is 4.79 Å². The van der Waals surface area contributed by atoms with Crippen LogP contribution in [0.2, 0.25) is 0 Å². The third-order valence-corrected chi connectivity index (χ3v) is 3.65. The zero-order valence-corrected chi connectivity index (χ0v) is 10.4. The Bertz CT molecular complexity index is 605. The maximum absolute atomic E-state index is 13.0. The smallest absolute Gasteiger partial charge is 0.234 e. The number of nitrogens with one attached hydrogen (secondary N) is 1. The molecule has 7 heteroatoms. The first-order valence-electron chi connectivity index (χ1n) is 4.97. The highest BCUT2D eigenvalue weighted by molar-refractivity contribution is 7.91. The number of nitriles is 1. The fourth-order valence-corrected chi connectivity index (χ4v) is 2.71. The van der Waals surface area contributed by atoms with Crippen LogP contribution in [0, 0.1) is 17.1 Å². The number of benzene rings is 1. The van der Waals surface area contributed by atoms with Gasteiger partial charge in [-0.05, 0) is 23.8 Å². The predicted octanol–water partition coefficient (Wildman–Crippen LogP) is 0.358. The van der Waals surface area contributed by atoms with Gasteiger partial charge in [-0.25, -0.2) is 12.8 Å². The molecule has 1 N–H and O–H groups in total. The van der Waals surface area contributed by atoms with Crippen molar-refractivity contribution in [1.29, 1.82) is 5.26 Å². The van der Waals surface area contributed by atoms with E-state index in [9.17, 15) is 17.6 Å². The first-order chi connectivity index (χ1) is 8.38. The molecule has 0 aliphatic carbocycles. The first kappa shape index (κ1) is 14.1. The summed E-state index contributed by atoms with van der Waals surface area (Å²) in [5, 5.41) is 11.0. The molecule has 0 spiro atoms. The number of hydrogen-bond donors (Lipinski definition) is 1. The van der Waals surface area contributed by atoms with Crippen LogP contribution in [0.1, 0.15) is 11.1 Å². The summed E-state index contributed by atoms with van der Waals surface area (Å²) in [6.45, 7) is 0. The van der Waals surface area contributed by atoms with Crippen molar-refractivity contribution < 1.29 is 17.6 Å². The summed E-state index contributed by atoms with van der Waals surface area (Å²) in [6, 6.07) is 5.05. The molecule has 0 atom stereocenters. The van der Waals surface area contributed by atoms with Crippen LogP contribution >= 0.6 is 0 Å². The lowest BCUT2D eigenvalue weighted by Gasteiger charge is -2.05. The van der Waals surface area contributed by atoms with Crippen molar-refractivity contribution in [2.45, 2.75) is 5.75 Å². The summed E-state index contributed by atoms with van der Waals surface area (Å²) in [6.07, 6.45) is 0. The molecule has 5 nitrogen and oxygen atoms in total. The van der Waals surface area contributed by atoms with Gasteiger partial charge in [-0.1, -0.05) is 0 Å². The lowest BCUT2D eigenvalue weighted by atomic mass is 10.1. The molecule has 1 aromatic rings. The third kappa shape index (κ3) is 3.82. The van der Waals surface area contributed by atoms with Crippen molar-refractivity contribution in [3.63, 3.8) is 0 Å². The second-order valence-corrected chi connectivity index (χ2v) is 5.68. The van der Waals surface area contributed by atoms with E-state index in [2.05, 4.69) is 5.32 Å². The highest BCUT2D eigenvalue weighted by atomic mass is 32.2. The van der Waals surface area contributed by atoms with E-state index < -0.39 is 33.1 Å². The van der Waals surface area contributed by atoms with Gasteiger partial charge in [-0.15, -0.1) is 0 Å². The minimum Gasteiger partial charge on any atom is -0.358 e. The van der Waals surface area contributed by atoms with Crippen LogP contribution in [-0.4, -0.2) is 27.1 Å². The Kier molecular flexibility index (Phi) is 4.39. The van der Waals surface area contributed by atoms with Crippen molar-refractivity contribution in [2.24, 2.45) is 0 Å². The Balaban J connectivity index is 3.01. The molecule has 1 aromatic carbocycles. The minimum absolute atomic E-state index is 0.0569. The number of halogens is 1. The highest BCUT2D eigenvalue weighted by Crippen LogP contribution is 2.14. The topological polar surface area (TPSA) is 87.0 Å². The summed E-state index contributed by atoms with van der Waals surface area (Å²) in [5.41, 5.74) is 0.137. The lowest BCUT2D eigenvalue weighted by Crippen LogP contribution is -2.27. The largest absolute Gasteiger partial charge is 0.358 e. The molecule has 0 aliphatic rings. The SMILES string of the molecule is CNC(=O)CS(=O)(=O)Cc1cc(F)ccc1C#N. The monoisotopic (exact) mass is 270 g/mol. The van der Waals surface area contributed by atoms with Crippen molar-refractivity contribution >= 4 is 15.7 Å². The Morgan fingerprint density at radius 2 is 2.17 bits per heavy atom. The molecule has 0 aliphatic heterocycles.